The number of carboxylic acid groups (broad SMARTS) is 1. The third kappa shape index (κ3) is 3.07. The lowest BCUT2D eigenvalue weighted by molar-refractivity contribution is 0.0692. The number of fused-ring (bicyclic) bond motifs is 1. The second-order valence-electron chi connectivity index (χ2n) is 4.83. The minimum absolute atomic E-state index is 0.0442. The molecule has 23 heavy (non-hydrogen) atoms. The Morgan fingerprint density at radius 2 is 1.78 bits per heavy atom. The van der Waals surface area contributed by atoms with Gasteiger partial charge >= 0.3 is 5.97 Å². The highest BCUT2D eigenvalue weighted by molar-refractivity contribution is 9.10. The molecule has 2 aromatic carbocycles. The average molecular weight is 371 g/mol. The van der Waals surface area contributed by atoms with E-state index in [4.69, 9.17) is 0 Å². The first kappa shape index (κ1) is 15.2. The maximum atomic E-state index is 12.5. The zero-order valence-electron chi connectivity index (χ0n) is 11.8. The number of nitrogens with zero attached hydrogens (tertiary/aromatic N) is 1. The molecule has 0 saturated carbocycles. The number of aromatic nitrogens is 1. The summed E-state index contributed by atoms with van der Waals surface area (Å²) in [5.74, 6) is -1.64. The first-order valence-electron chi connectivity index (χ1n) is 6.74. The molecule has 5 nitrogen and oxygen atoms in total. The van der Waals surface area contributed by atoms with Crippen molar-refractivity contribution in [1.82, 2.24) is 4.98 Å². The van der Waals surface area contributed by atoms with E-state index in [1.807, 2.05) is 12.1 Å². The fourth-order valence-electron chi connectivity index (χ4n) is 2.31. The van der Waals surface area contributed by atoms with E-state index in [0.29, 0.717) is 11.2 Å². The summed E-state index contributed by atoms with van der Waals surface area (Å²) < 4.78 is 0.791. The SMILES string of the molecule is O=C(O)c1ccccc1C(=O)Nc1cc(Br)cc2cccnc12. The molecule has 0 fully saturated rings. The summed E-state index contributed by atoms with van der Waals surface area (Å²) in [6.07, 6.45) is 1.64. The van der Waals surface area contributed by atoms with Crippen LogP contribution in [0.5, 0.6) is 0 Å². The molecule has 0 bridgehead atoms. The highest BCUT2D eigenvalue weighted by atomic mass is 79.9. The zero-order valence-corrected chi connectivity index (χ0v) is 13.4. The number of carbonyl (C=O) groups excluding carboxylic acids is 1. The quantitative estimate of drug-likeness (QED) is 0.731. The minimum atomic E-state index is -1.15. The Kier molecular flexibility index (Phi) is 4.08. The topological polar surface area (TPSA) is 79.3 Å². The van der Waals surface area contributed by atoms with Gasteiger partial charge < -0.3 is 10.4 Å². The summed E-state index contributed by atoms with van der Waals surface area (Å²) in [6.45, 7) is 0. The Morgan fingerprint density at radius 3 is 2.52 bits per heavy atom. The van der Waals surface area contributed by atoms with Gasteiger partial charge in [-0.3, -0.25) is 9.78 Å². The molecule has 0 saturated heterocycles. The van der Waals surface area contributed by atoms with E-state index in [1.165, 1.54) is 12.1 Å². The largest absolute Gasteiger partial charge is 0.478 e. The maximum absolute atomic E-state index is 12.5. The van der Waals surface area contributed by atoms with Crippen molar-refractivity contribution >= 4 is 44.4 Å². The predicted octanol–water partition coefficient (Wildman–Crippen LogP) is 3.95. The molecular formula is C17H11BrN2O3. The molecule has 0 aliphatic heterocycles. The van der Waals surface area contributed by atoms with Crippen LogP contribution in [0.2, 0.25) is 0 Å². The van der Waals surface area contributed by atoms with Crippen LogP contribution in [-0.4, -0.2) is 22.0 Å². The van der Waals surface area contributed by atoms with Crippen molar-refractivity contribution < 1.29 is 14.7 Å². The molecule has 0 radical (unpaired) electrons. The Balaban J connectivity index is 2.03. The number of halogens is 1. The number of carbonyl (C=O) groups is 2. The molecule has 2 N–H and O–H groups in total. The van der Waals surface area contributed by atoms with Crippen molar-refractivity contribution in [2.45, 2.75) is 0 Å². The number of aromatic carboxylic acids is 1. The number of hydrogen-bond acceptors (Lipinski definition) is 3. The van der Waals surface area contributed by atoms with Gasteiger partial charge in [0.15, 0.2) is 0 Å². The number of pyridine rings is 1. The number of carboxylic acids is 1. The van der Waals surface area contributed by atoms with Gasteiger partial charge in [-0.25, -0.2) is 4.79 Å². The number of rotatable bonds is 3. The first-order valence-corrected chi connectivity index (χ1v) is 7.53. The smallest absolute Gasteiger partial charge is 0.336 e. The van der Waals surface area contributed by atoms with Crippen molar-refractivity contribution in [3.8, 4) is 0 Å². The molecule has 0 aliphatic rings. The molecule has 0 spiro atoms. The summed E-state index contributed by atoms with van der Waals surface area (Å²) in [6, 6.07) is 13.4. The van der Waals surface area contributed by atoms with Crippen LogP contribution in [0.3, 0.4) is 0 Å². The van der Waals surface area contributed by atoms with Gasteiger partial charge in [0.05, 0.1) is 22.3 Å². The highest BCUT2D eigenvalue weighted by Crippen LogP contribution is 2.27. The second kappa shape index (κ2) is 6.18. The number of nitrogens with one attached hydrogen (secondary N) is 1. The molecule has 0 atom stereocenters. The summed E-state index contributed by atoms with van der Waals surface area (Å²) in [7, 11) is 0. The molecule has 1 aromatic heterocycles. The van der Waals surface area contributed by atoms with Crippen molar-refractivity contribution in [2.75, 3.05) is 5.32 Å². The van der Waals surface area contributed by atoms with E-state index in [1.54, 1.807) is 30.5 Å². The molecule has 1 heterocycles. The van der Waals surface area contributed by atoms with E-state index in [-0.39, 0.29) is 11.1 Å². The lowest BCUT2D eigenvalue weighted by atomic mass is 10.1. The van der Waals surface area contributed by atoms with Crippen molar-refractivity contribution in [3.05, 3.63) is 70.3 Å². The average Bonchev–Trinajstić information content (AvgIpc) is 2.54. The van der Waals surface area contributed by atoms with Crippen molar-refractivity contribution in [3.63, 3.8) is 0 Å². The Labute approximate surface area is 140 Å². The fourth-order valence-corrected chi connectivity index (χ4v) is 2.78. The van der Waals surface area contributed by atoms with Gasteiger partial charge in [0, 0.05) is 16.1 Å². The van der Waals surface area contributed by atoms with Crippen LogP contribution in [-0.2, 0) is 0 Å². The summed E-state index contributed by atoms with van der Waals surface area (Å²) in [5, 5.41) is 12.8. The van der Waals surface area contributed by atoms with Gasteiger partial charge in [-0.05, 0) is 30.3 Å². The fraction of sp³-hybridized carbons (Fsp3) is 0. The van der Waals surface area contributed by atoms with Crippen LogP contribution in [0.15, 0.2) is 59.2 Å². The first-order chi connectivity index (χ1) is 11.1. The van der Waals surface area contributed by atoms with E-state index in [9.17, 15) is 14.7 Å². The molecular weight excluding hydrogens is 360 g/mol. The maximum Gasteiger partial charge on any atom is 0.336 e. The second-order valence-corrected chi connectivity index (χ2v) is 5.75. The summed E-state index contributed by atoms with van der Waals surface area (Å²) >= 11 is 3.39. The lowest BCUT2D eigenvalue weighted by Gasteiger charge is -2.10. The number of hydrogen-bond donors (Lipinski definition) is 2. The number of anilines is 1. The molecule has 3 rings (SSSR count). The highest BCUT2D eigenvalue weighted by Gasteiger charge is 2.17. The van der Waals surface area contributed by atoms with Gasteiger partial charge in [0.1, 0.15) is 0 Å². The molecule has 0 unspecified atom stereocenters. The summed E-state index contributed by atoms with van der Waals surface area (Å²) in [4.78, 5) is 28.0. The zero-order chi connectivity index (χ0) is 16.4. The van der Waals surface area contributed by atoms with Crippen molar-refractivity contribution in [2.24, 2.45) is 0 Å². The van der Waals surface area contributed by atoms with E-state index < -0.39 is 11.9 Å². The predicted molar refractivity (Wildman–Crippen MR) is 90.8 cm³/mol. The normalized spacial score (nSPS) is 10.5. The molecule has 1 amide bonds. The molecule has 3 aromatic rings. The van der Waals surface area contributed by atoms with Crippen LogP contribution in [0.4, 0.5) is 5.69 Å². The van der Waals surface area contributed by atoms with Gasteiger partial charge in [-0.15, -0.1) is 0 Å². The van der Waals surface area contributed by atoms with Crippen LogP contribution < -0.4 is 5.32 Å². The third-order valence-electron chi connectivity index (χ3n) is 3.32. The Hall–Kier alpha value is -2.73. The molecule has 0 aliphatic carbocycles. The monoisotopic (exact) mass is 370 g/mol. The standard InChI is InChI=1S/C17H11BrN2O3/c18-11-8-10-4-3-7-19-15(10)14(9-11)20-16(21)12-5-1-2-6-13(12)17(22)23/h1-9H,(H,20,21)(H,22,23). The van der Waals surface area contributed by atoms with Gasteiger partial charge in [0.25, 0.3) is 5.91 Å². The van der Waals surface area contributed by atoms with Crippen molar-refractivity contribution in [1.29, 1.82) is 0 Å². The third-order valence-corrected chi connectivity index (χ3v) is 3.78. The van der Waals surface area contributed by atoms with E-state index >= 15 is 0 Å². The Bertz CT molecular complexity index is 925. The molecule has 114 valence electrons. The summed E-state index contributed by atoms with van der Waals surface area (Å²) in [5.41, 5.74) is 1.21. The molecule has 6 heteroatoms. The van der Waals surface area contributed by atoms with Crippen LogP contribution in [0.25, 0.3) is 10.9 Å². The minimum Gasteiger partial charge on any atom is -0.478 e. The van der Waals surface area contributed by atoms with Gasteiger partial charge in [-0.1, -0.05) is 34.1 Å². The number of amides is 1. The van der Waals surface area contributed by atoms with Gasteiger partial charge in [-0.2, -0.15) is 0 Å². The van der Waals surface area contributed by atoms with E-state index in [0.717, 1.165) is 9.86 Å². The van der Waals surface area contributed by atoms with Crippen LogP contribution >= 0.6 is 15.9 Å². The van der Waals surface area contributed by atoms with E-state index in [2.05, 4.69) is 26.2 Å². The van der Waals surface area contributed by atoms with Crippen LogP contribution in [0, 0.1) is 0 Å². The lowest BCUT2D eigenvalue weighted by Crippen LogP contribution is -2.16. The number of benzene rings is 2. The van der Waals surface area contributed by atoms with Crippen LogP contribution in [0.1, 0.15) is 20.7 Å². The van der Waals surface area contributed by atoms with Gasteiger partial charge in [0.2, 0.25) is 0 Å². The Morgan fingerprint density at radius 1 is 1.04 bits per heavy atom.